The summed E-state index contributed by atoms with van der Waals surface area (Å²) in [6.45, 7) is 4.96. The quantitative estimate of drug-likeness (QED) is 0.0445. The molecule has 0 amide bonds. The lowest BCUT2D eigenvalue weighted by Gasteiger charge is -2.19. The van der Waals surface area contributed by atoms with Gasteiger partial charge in [-0.3, -0.25) is 18.6 Å². The van der Waals surface area contributed by atoms with Gasteiger partial charge < -0.3 is 14.4 Å². The summed E-state index contributed by atoms with van der Waals surface area (Å²) in [5, 5.41) is 0. The molecule has 0 radical (unpaired) electrons. The van der Waals surface area contributed by atoms with Gasteiger partial charge in [-0.05, 0) is 71.1 Å². The Bertz CT molecular complexity index is 1220. The Balaban J connectivity index is 4.51. The van der Waals surface area contributed by atoms with E-state index >= 15 is 0 Å². The van der Waals surface area contributed by atoms with Gasteiger partial charge in [0.1, 0.15) is 6.61 Å². The molecule has 278 valence electrons. The van der Waals surface area contributed by atoms with Gasteiger partial charge in [0.15, 0.2) is 6.10 Å². The Morgan fingerprint density at radius 2 is 0.840 bits per heavy atom. The van der Waals surface area contributed by atoms with E-state index in [2.05, 4.69) is 98.9 Å². The van der Waals surface area contributed by atoms with E-state index in [-0.39, 0.29) is 26.1 Å². The second-order valence-corrected chi connectivity index (χ2v) is 12.3. The third-order valence-corrected chi connectivity index (χ3v) is 7.39. The van der Waals surface area contributed by atoms with E-state index in [4.69, 9.17) is 18.5 Å². The van der Waals surface area contributed by atoms with Crippen LogP contribution in [0.5, 0.6) is 0 Å². The van der Waals surface area contributed by atoms with Crippen molar-refractivity contribution in [2.45, 2.75) is 104 Å². The number of phosphoric ester groups is 1. The number of phosphoric acid groups is 1. The smallest absolute Gasteiger partial charge is 0.461 e. The number of esters is 2. The number of hydrogen-bond donors (Lipinski definition) is 1. The summed E-state index contributed by atoms with van der Waals surface area (Å²) in [6, 6.07) is 0. The van der Waals surface area contributed by atoms with Gasteiger partial charge in [0.05, 0.1) is 26.1 Å². The number of rotatable bonds is 30. The van der Waals surface area contributed by atoms with E-state index in [1.54, 1.807) is 19.1 Å². The molecule has 0 heterocycles. The minimum atomic E-state index is -4.33. The maximum atomic E-state index is 12.4. The third-order valence-electron chi connectivity index (χ3n) is 6.33. The van der Waals surface area contributed by atoms with Crippen LogP contribution in [-0.2, 0) is 32.7 Å². The fraction of sp³-hybridized carbons (Fsp3) is 0.463. The number of allylic oxidation sites excluding steroid dienone is 18. The largest absolute Gasteiger partial charge is 0.472 e. The van der Waals surface area contributed by atoms with Gasteiger partial charge in [-0.25, -0.2) is 4.57 Å². The molecule has 0 saturated heterocycles. The summed E-state index contributed by atoms with van der Waals surface area (Å²) >= 11 is 0. The second kappa shape index (κ2) is 35.3. The summed E-state index contributed by atoms with van der Waals surface area (Å²) in [5.41, 5.74) is 0. The van der Waals surface area contributed by atoms with Crippen LogP contribution in [0.4, 0.5) is 0 Å². The molecule has 8 nitrogen and oxygen atoms in total. The predicted octanol–water partition coefficient (Wildman–Crippen LogP) is 10.9. The Morgan fingerprint density at radius 1 is 0.500 bits per heavy atom. The molecule has 50 heavy (non-hydrogen) atoms. The summed E-state index contributed by atoms with van der Waals surface area (Å²) < 4.78 is 32.2. The van der Waals surface area contributed by atoms with Gasteiger partial charge in [-0.15, -0.1) is 0 Å². The fourth-order valence-electron chi connectivity index (χ4n) is 3.83. The van der Waals surface area contributed by atoms with Crippen molar-refractivity contribution < 1.29 is 37.6 Å². The molecule has 0 bridgehead atoms. The summed E-state index contributed by atoms with van der Waals surface area (Å²) in [4.78, 5) is 34.4. The molecule has 2 unspecified atom stereocenters. The molecule has 0 aromatic heterocycles. The minimum absolute atomic E-state index is 0.0136. The van der Waals surface area contributed by atoms with Crippen molar-refractivity contribution in [3.05, 3.63) is 122 Å². The van der Waals surface area contributed by atoms with Crippen LogP contribution in [-0.4, -0.2) is 42.8 Å². The van der Waals surface area contributed by atoms with Crippen LogP contribution < -0.4 is 0 Å². The zero-order chi connectivity index (χ0) is 36.8. The first-order chi connectivity index (χ1) is 24.3. The van der Waals surface area contributed by atoms with Gasteiger partial charge >= 0.3 is 19.8 Å². The van der Waals surface area contributed by atoms with Crippen LogP contribution in [0, 0.1) is 0 Å². The van der Waals surface area contributed by atoms with E-state index in [9.17, 15) is 19.0 Å². The van der Waals surface area contributed by atoms with Gasteiger partial charge in [-0.2, -0.15) is 0 Å². The molecule has 0 fully saturated rings. The monoisotopic (exact) mass is 712 g/mol. The highest BCUT2D eigenvalue weighted by Gasteiger charge is 2.25. The van der Waals surface area contributed by atoms with Crippen molar-refractivity contribution in [1.82, 2.24) is 0 Å². The highest BCUT2D eigenvalue weighted by molar-refractivity contribution is 7.47. The van der Waals surface area contributed by atoms with Crippen molar-refractivity contribution in [2.24, 2.45) is 0 Å². The molecule has 1 N–H and O–H groups in total. The van der Waals surface area contributed by atoms with Gasteiger partial charge in [-0.1, -0.05) is 135 Å². The minimum Gasteiger partial charge on any atom is -0.461 e. The van der Waals surface area contributed by atoms with Crippen LogP contribution in [0.15, 0.2) is 122 Å². The Hall–Kier alpha value is -3.55. The number of carbonyl (C=O) groups is 2. The van der Waals surface area contributed by atoms with Crippen molar-refractivity contribution in [3.63, 3.8) is 0 Å². The van der Waals surface area contributed by atoms with Gasteiger partial charge in [0.2, 0.25) is 0 Å². The van der Waals surface area contributed by atoms with Crippen molar-refractivity contribution in [1.29, 1.82) is 0 Å². The molecule has 0 aromatic carbocycles. The first-order valence-corrected chi connectivity index (χ1v) is 19.3. The topological polar surface area (TPSA) is 108 Å². The molecule has 0 spiro atoms. The van der Waals surface area contributed by atoms with E-state index < -0.39 is 32.5 Å². The molecule has 0 aliphatic heterocycles. The number of carbonyl (C=O) groups excluding carboxylic acids is 2. The molecule has 0 aliphatic carbocycles. The van der Waals surface area contributed by atoms with Crippen molar-refractivity contribution in [2.75, 3.05) is 19.8 Å². The summed E-state index contributed by atoms with van der Waals surface area (Å²) in [5.74, 6) is -1.11. The molecular formula is C41H61O8P. The van der Waals surface area contributed by atoms with Crippen LogP contribution in [0.2, 0.25) is 0 Å². The van der Waals surface area contributed by atoms with Crippen LogP contribution in [0.1, 0.15) is 97.8 Å². The zero-order valence-electron chi connectivity index (χ0n) is 30.5. The number of ether oxygens (including phenoxy) is 2. The molecule has 0 aromatic rings. The summed E-state index contributed by atoms with van der Waals surface area (Å²) in [6.07, 6.45) is 48.8. The molecule has 0 rings (SSSR count). The van der Waals surface area contributed by atoms with E-state index in [1.807, 2.05) is 24.3 Å². The lowest BCUT2D eigenvalue weighted by Crippen LogP contribution is -2.29. The van der Waals surface area contributed by atoms with Crippen LogP contribution in [0.25, 0.3) is 0 Å². The molecule has 0 aliphatic rings. The molecule has 0 saturated carbocycles. The zero-order valence-corrected chi connectivity index (χ0v) is 31.4. The predicted molar refractivity (Wildman–Crippen MR) is 206 cm³/mol. The molecule has 9 heteroatoms. The van der Waals surface area contributed by atoms with E-state index in [0.717, 1.165) is 51.4 Å². The normalized spacial score (nSPS) is 14.9. The Kier molecular flexibility index (Phi) is 32.8. The third kappa shape index (κ3) is 34.3. The lowest BCUT2D eigenvalue weighted by molar-refractivity contribution is -0.160. The van der Waals surface area contributed by atoms with E-state index in [1.165, 1.54) is 0 Å². The highest BCUT2D eigenvalue weighted by atomic mass is 31.2. The van der Waals surface area contributed by atoms with Gasteiger partial charge in [0.25, 0.3) is 0 Å². The number of hydrogen-bond acceptors (Lipinski definition) is 7. The molecular weight excluding hydrogens is 651 g/mol. The van der Waals surface area contributed by atoms with E-state index in [0.29, 0.717) is 12.8 Å². The van der Waals surface area contributed by atoms with Crippen molar-refractivity contribution in [3.8, 4) is 0 Å². The van der Waals surface area contributed by atoms with Crippen LogP contribution >= 0.6 is 7.82 Å². The van der Waals surface area contributed by atoms with Crippen molar-refractivity contribution >= 4 is 19.8 Å². The van der Waals surface area contributed by atoms with Crippen LogP contribution in [0.3, 0.4) is 0 Å². The Morgan fingerprint density at radius 3 is 1.20 bits per heavy atom. The SMILES string of the molecule is CC/C=C\C/C=C\C/C=C\C/C=C\C/C=C\CC(=O)OCC(COP(=O)(O)OCC)OC(=O)C/C=C\C/C=C\C/C=C\C/C=C\C/C=C\CC. The maximum absolute atomic E-state index is 12.4. The average Bonchev–Trinajstić information content (AvgIpc) is 3.09. The maximum Gasteiger partial charge on any atom is 0.472 e. The highest BCUT2D eigenvalue weighted by Crippen LogP contribution is 2.43. The summed E-state index contributed by atoms with van der Waals surface area (Å²) in [7, 11) is -4.33. The lowest BCUT2D eigenvalue weighted by atomic mass is 10.2. The second-order valence-electron chi connectivity index (χ2n) is 10.8. The van der Waals surface area contributed by atoms with Gasteiger partial charge in [0, 0.05) is 0 Å². The Labute approximate surface area is 302 Å². The standard InChI is InChI=1S/C41H61O8P/c1-4-7-9-11-13-15-17-19-21-23-25-27-29-31-33-35-40(42)46-37-39(38-48-50(44,45)47-6-3)49-41(43)36-34-32-30-28-26-24-22-20-18-16-14-12-10-8-5-2/h7-10,13-16,19-22,25-28,31-34,39H,4-6,11-12,17-18,23-24,29-30,35-38H2,1-3H3,(H,44,45)/b9-7-,10-8-,15-13-,16-14-,21-19-,22-20-,27-25-,28-26-,33-31-,34-32-. The first-order valence-electron chi connectivity index (χ1n) is 17.8. The average molecular weight is 713 g/mol. The first kappa shape index (κ1) is 46.5. The fourth-order valence-corrected chi connectivity index (χ4v) is 4.59. The molecule has 2 atom stereocenters.